The second-order valence-electron chi connectivity index (χ2n) is 4.68. The van der Waals surface area contributed by atoms with Crippen molar-refractivity contribution in [3.8, 4) is 0 Å². The van der Waals surface area contributed by atoms with Gasteiger partial charge in [-0.1, -0.05) is 24.3 Å². The van der Waals surface area contributed by atoms with Crippen LogP contribution in [0.1, 0.15) is 6.42 Å². The first-order valence-corrected chi connectivity index (χ1v) is 6.01. The SMILES string of the molecule is Nc1ncnc2[nH]c3c(c12)=CC1=CC=CCC1C=3. The van der Waals surface area contributed by atoms with Crippen LogP contribution in [0.2, 0.25) is 0 Å². The number of H-pyrrole nitrogens is 1. The molecule has 0 radical (unpaired) electrons. The summed E-state index contributed by atoms with van der Waals surface area (Å²) in [7, 11) is 0. The van der Waals surface area contributed by atoms with Crippen molar-refractivity contribution in [1.82, 2.24) is 15.0 Å². The van der Waals surface area contributed by atoms with Gasteiger partial charge in [0.2, 0.25) is 0 Å². The maximum Gasteiger partial charge on any atom is 0.143 e. The molecular weight excluding hydrogens is 224 g/mol. The van der Waals surface area contributed by atoms with Crippen molar-refractivity contribution in [2.24, 2.45) is 5.92 Å². The molecule has 0 saturated carbocycles. The zero-order valence-electron chi connectivity index (χ0n) is 9.72. The lowest BCUT2D eigenvalue weighted by atomic mass is 9.88. The molecular formula is C14H12N4. The monoisotopic (exact) mass is 236 g/mol. The lowest BCUT2D eigenvalue weighted by Crippen LogP contribution is -2.29. The number of hydrogen-bond acceptors (Lipinski definition) is 3. The van der Waals surface area contributed by atoms with Gasteiger partial charge in [0.1, 0.15) is 17.8 Å². The molecule has 2 aliphatic carbocycles. The smallest absolute Gasteiger partial charge is 0.143 e. The first kappa shape index (κ1) is 9.65. The van der Waals surface area contributed by atoms with Gasteiger partial charge in [-0.3, -0.25) is 0 Å². The molecule has 4 heteroatoms. The quantitative estimate of drug-likeness (QED) is 0.704. The summed E-state index contributed by atoms with van der Waals surface area (Å²) in [5.41, 5.74) is 8.09. The fourth-order valence-corrected chi connectivity index (χ4v) is 2.72. The molecule has 0 aromatic carbocycles. The summed E-state index contributed by atoms with van der Waals surface area (Å²) in [6, 6.07) is 0. The number of anilines is 1. The van der Waals surface area contributed by atoms with Crippen molar-refractivity contribution in [3.63, 3.8) is 0 Å². The molecule has 18 heavy (non-hydrogen) atoms. The second kappa shape index (κ2) is 3.32. The minimum absolute atomic E-state index is 0.463. The Labute approximate surface area is 103 Å². The fourth-order valence-electron chi connectivity index (χ4n) is 2.72. The van der Waals surface area contributed by atoms with E-state index in [2.05, 4.69) is 45.3 Å². The van der Waals surface area contributed by atoms with Gasteiger partial charge in [-0.2, -0.15) is 0 Å². The highest BCUT2D eigenvalue weighted by Crippen LogP contribution is 2.25. The topological polar surface area (TPSA) is 67.6 Å². The van der Waals surface area contributed by atoms with Gasteiger partial charge in [-0.15, -0.1) is 0 Å². The van der Waals surface area contributed by atoms with E-state index < -0.39 is 0 Å². The number of nitrogens with one attached hydrogen (secondary N) is 1. The van der Waals surface area contributed by atoms with E-state index in [1.165, 1.54) is 11.9 Å². The molecule has 0 amide bonds. The maximum absolute atomic E-state index is 5.95. The van der Waals surface area contributed by atoms with Gasteiger partial charge in [0, 0.05) is 16.5 Å². The Morgan fingerprint density at radius 2 is 2.28 bits per heavy atom. The van der Waals surface area contributed by atoms with Crippen molar-refractivity contribution >= 4 is 29.0 Å². The lowest BCUT2D eigenvalue weighted by molar-refractivity contribution is 0.827. The Kier molecular flexibility index (Phi) is 1.78. The van der Waals surface area contributed by atoms with Crippen molar-refractivity contribution in [2.45, 2.75) is 6.42 Å². The third-order valence-corrected chi connectivity index (χ3v) is 3.61. The van der Waals surface area contributed by atoms with Crippen LogP contribution >= 0.6 is 0 Å². The predicted molar refractivity (Wildman–Crippen MR) is 71.8 cm³/mol. The van der Waals surface area contributed by atoms with E-state index in [-0.39, 0.29) is 0 Å². The number of aromatic nitrogens is 3. The van der Waals surface area contributed by atoms with Crippen molar-refractivity contribution < 1.29 is 0 Å². The van der Waals surface area contributed by atoms with E-state index in [0.717, 1.165) is 28.0 Å². The number of hydrogen-bond donors (Lipinski definition) is 2. The highest BCUT2D eigenvalue weighted by Gasteiger charge is 2.17. The van der Waals surface area contributed by atoms with Gasteiger partial charge in [-0.25, -0.2) is 9.97 Å². The summed E-state index contributed by atoms with van der Waals surface area (Å²) in [4.78, 5) is 11.6. The van der Waals surface area contributed by atoms with Crippen LogP contribution in [0.4, 0.5) is 5.82 Å². The average molecular weight is 236 g/mol. The third-order valence-electron chi connectivity index (χ3n) is 3.61. The summed E-state index contributed by atoms with van der Waals surface area (Å²) in [6.45, 7) is 0. The number of aromatic amines is 1. The Morgan fingerprint density at radius 1 is 1.33 bits per heavy atom. The van der Waals surface area contributed by atoms with Gasteiger partial charge < -0.3 is 10.7 Å². The van der Waals surface area contributed by atoms with Crippen LogP contribution in [0.5, 0.6) is 0 Å². The number of rotatable bonds is 0. The molecule has 4 rings (SSSR count). The van der Waals surface area contributed by atoms with Crippen molar-refractivity contribution in [1.29, 1.82) is 0 Å². The van der Waals surface area contributed by atoms with E-state index >= 15 is 0 Å². The highest BCUT2D eigenvalue weighted by molar-refractivity contribution is 5.88. The number of nitrogen functional groups attached to an aromatic ring is 1. The van der Waals surface area contributed by atoms with Gasteiger partial charge in [0.05, 0.1) is 5.39 Å². The molecule has 3 N–H and O–H groups in total. The zero-order chi connectivity index (χ0) is 12.1. The molecule has 0 saturated heterocycles. The van der Waals surface area contributed by atoms with Crippen LogP contribution in [0, 0.1) is 5.92 Å². The molecule has 2 aromatic rings. The summed E-state index contributed by atoms with van der Waals surface area (Å²) in [5, 5.41) is 3.15. The largest absolute Gasteiger partial charge is 0.383 e. The van der Waals surface area contributed by atoms with Crippen LogP contribution in [0.3, 0.4) is 0 Å². The number of allylic oxidation sites excluding steroid dienone is 4. The fraction of sp³-hybridized carbons (Fsp3) is 0.143. The molecule has 2 aromatic heterocycles. The lowest BCUT2D eigenvalue weighted by Gasteiger charge is -2.17. The Balaban J connectivity index is 2.16. The van der Waals surface area contributed by atoms with E-state index in [1.54, 1.807) is 0 Å². The Morgan fingerprint density at radius 3 is 3.22 bits per heavy atom. The van der Waals surface area contributed by atoms with Gasteiger partial charge in [0.25, 0.3) is 0 Å². The minimum atomic E-state index is 0.463. The van der Waals surface area contributed by atoms with Crippen LogP contribution in [0.15, 0.2) is 30.1 Å². The van der Waals surface area contributed by atoms with Crippen molar-refractivity contribution in [2.75, 3.05) is 5.73 Å². The van der Waals surface area contributed by atoms with E-state index in [0.29, 0.717) is 11.7 Å². The van der Waals surface area contributed by atoms with Crippen LogP contribution in [-0.4, -0.2) is 15.0 Å². The van der Waals surface area contributed by atoms with E-state index in [4.69, 9.17) is 5.73 Å². The Hall–Kier alpha value is -2.36. The molecule has 1 unspecified atom stereocenters. The molecule has 0 spiro atoms. The number of fused-ring (bicyclic) bond motifs is 4. The van der Waals surface area contributed by atoms with Crippen LogP contribution in [0.25, 0.3) is 23.2 Å². The summed E-state index contributed by atoms with van der Waals surface area (Å²) >= 11 is 0. The van der Waals surface area contributed by atoms with E-state index in [9.17, 15) is 0 Å². The van der Waals surface area contributed by atoms with Gasteiger partial charge in [-0.05, 0) is 18.1 Å². The third kappa shape index (κ3) is 1.20. The molecule has 2 heterocycles. The number of nitrogens with two attached hydrogens (primary N) is 1. The second-order valence-corrected chi connectivity index (χ2v) is 4.68. The first-order valence-electron chi connectivity index (χ1n) is 6.01. The summed E-state index contributed by atoms with van der Waals surface area (Å²) in [6.07, 6.45) is 13.5. The molecule has 0 bridgehead atoms. The predicted octanol–water partition coefficient (Wildman–Crippen LogP) is 0.617. The van der Waals surface area contributed by atoms with Crippen LogP contribution < -0.4 is 16.3 Å². The molecule has 4 nitrogen and oxygen atoms in total. The number of nitrogens with zero attached hydrogens (tertiary/aromatic N) is 2. The molecule has 2 aliphatic rings. The van der Waals surface area contributed by atoms with Crippen molar-refractivity contribution in [3.05, 3.63) is 40.7 Å². The Bertz CT molecular complexity index is 823. The molecule has 0 fully saturated rings. The standard InChI is InChI=1S/C14H12N4/c15-13-12-10-5-8-3-1-2-4-9(8)6-11(10)18-14(12)17-7-16-13/h1-3,5-7,9H,4H2,(H3,15,16,17,18). The van der Waals surface area contributed by atoms with Gasteiger partial charge in [0.15, 0.2) is 0 Å². The minimum Gasteiger partial charge on any atom is -0.383 e. The average Bonchev–Trinajstić information content (AvgIpc) is 2.74. The zero-order valence-corrected chi connectivity index (χ0v) is 9.72. The van der Waals surface area contributed by atoms with Gasteiger partial charge >= 0.3 is 0 Å². The molecule has 88 valence electrons. The molecule has 0 aliphatic heterocycles. The summed E-state index contributed by atoms with van der Waals surface area (Å²) < 4.78 is 0. The highest BCUT2D eigenvalue weighted by atomic mass is 15.0. The molecule has 1 atom stereocenters. The maximum atomic E-state index is 5.95. The van der Waals surface area contributed by atoms with Crippen LogP contribution in [-0.2, 0) is 0 Å². The first-order chi connectivity index (χ1) is 8.83. The normalized spacial score (nSPS) is 20.7. The van der Waals surface area contributed by atoms with E-state index in [1.807, 2.05) is 0 Å². The summed E-state index contributed by atoms with van der Waals surface area (Å²) in [5.74, 6) is 0.997.